The molecule has 9 nitrogen and oxygen atoms in total. The lowest BCUT2D eigenvalue weighted by Crippen LogP contribution is -2.40. The summed E-state index contributed by atoms with van der Waals surface area (Å²) in [7, 11) is 0. The zero-order valence-electron chi connectivity index (χ0n) is 20.1. The number of rotatable bonds is 7. The number of hydrogen-bond donors (Lipinski definition) is 0. The van der Waals surface area contributed by atoms with E-state index in [1.165, 1.54) is 15.6 Å². The van der Waals surface area contributed by atoms with Crippen molar-refractivity contribution in [1.29, 1.82) is 0 Å². The van der Waals surface area contributed by atoms with E-state index < -0.39 is 11.6 Å². The molecule has 0 bridgehead atoms. The topological polar surface area (TPSA) is 93.8 Å². The van der Waals surface area contributed by atoms with Crippen LogP contribution in [-0.2, 0) is 16.1 Å². The third kappa shape index (κ3) is 4.64. The maximum absolute atomic E-state index is 13.0. The van der Waals surface area contributed by atoms with Crippen LogP contribution in [0.15, 0.2) is 41.5 Å². The molecule has 4 rings (SSSR count). The third-order valence-electron chi connectivity index (χ3n) is 5.51. The fourth-order valence-electron chi connectivity index (χ4n) is 3.87. The van der Waals surface area contributed by atoms with Gasteiger partial charge < -0.3 is 18.9 Å². The largest absolute Gasteiger partial charge is 0.486 e. The Hall–Kier alpha value is -3.75. The minimum atomic E-state index is -1.12. The highest BCUT2D eigenvalue weighted by Gasteiger charge is 2.32. The average molecular weight is 468 g/mol. The molecule has 34 heavy (non-hydrogen) atoms. The van der Waals surface area contributed by atoms with Gasteiger partial charge in [-0.2, -0.15) is 5.10 Å². The van der Waals surface area contributed by atoms with Gasteiger partial charge in [0.15, 0.2) is 17.1 Å². The second kappa shape index (κ2) is 9.24. The molecule has 0 saturated heterocycles. The molecule has 0 spiro atoms. The van der Waals surface area contributed by atoms with Gasteiger partial charge in [-0.15, -0.1) is 0 Å². The van der Waals surface area contributed by atoms with E-state index in [9.17, 15) is 9.59 Å². The molecular weight excluding hydrogens is 438 g/mol. The van der Waals surface area contributed by atoms with Crippen LogP contribution >= 0.6 is 0 Å². The zero-order chi connectivity index (χ0) is 24.5. The van der Waals surface area contributed by atoms with Crippen LogP contribution in [0.4, 0.5) is 0 Å². The van der Waals surface area contributed by atoms with Crippen molar-refractivity contribution in [3.8, 4) is 22.9 Å². The summed E-state index contributed by atoms with van der Waals surface area (Å²) in [4.78, 5) is 25.2. The van der Waals surface area contributed by atoms with Gasteiger partial charge >= 0.3 is 11.7 Å². The fourth-order valence-corrected chi connectivity index (χ4v) is 3.87. The van der Waals surface area contributed by atoms with Crippen molar-refractivity contribution in [2.24, 2.45) is 0 Å². The highest BCUT2D eigenvalue weighted by molar-refractivity contribution is 5.79. The second-order valence-corrected chi connectivity index (χ2v) is 8.66. The molecule has 0 fully saturated rings. The highest BCUT2D eigenvalue weighted by atomic mass is 16.6. The summed E-state index contributed by atoms with van der Waals surface area (Å²) in [5.41, 5.74) is 1.87. The van der Waals surface area contributed by atoms with Crippen molar-refractivity contribution >= 4 is 5.97 Å². The lowest BCUT2D eigenvalue weighted by Gasteiger charge is -2.26. The number of ether oxygens (including phenoxy) is 4. The van der Waals surface area contributed by atoms with E-state index in [1.807, 2.05) is 26.0 Å². The van der Waals surface area contributed by atoms with Crippen LogP contribution in [0.2, 0.25) is 0 Å². The second-order valence-electron chi connectivity index (χ2n) is 8.66. The van der Waals surface area contributed by atoms with Crippen LogP contribution in [0, 0.1) is 13.8 Å². The molecule has 0 aliphatic carbocycles. The quantitative estimate of drug-likeness (QED) is 0.493. The summed E-state index contributed by atoms with van der Waals surface area (Å²) in [6, 6.07) is 9.22. The number of benzene rings is 2. The smallest absolute Gasteiger partial charge is 0.350 e. The third-order valence-corrected chi connectivity index (χ3v) is 5.51. The van der Waals surface area contributed by atoms with Crippen LogP contribution < -0.4 is 19.9 Å². The maximum atomic E-state index is 13.0. The molecule has 9 heteroatoms. The number of aryl methyl sites for hydroxylation is 2. The summed E-state index contributed by atoms with van der Waals surface area (Å²) in [5, 5.41) is 4.29. The molecule has 0 radical (unpaired) electrons. The monoisotopic (exact) mass is 467 g/mol. The van der Waals surface area contributed by atoms with Gasteiger partial charge in [0.1, 0.15) is 25.3 Å². The van der Waals surface area contributed by atoms with Gasteiger partial charge in [0.25, 0.3) is 0 Å². The molecule has 0 unspecified atom stereocenters. The first-order chi connectivity index (χ1) is 16.2. The van der Waals surface area contributed by atoms with Crippen LogP contribution in [0.3, 0.4) is 0 Å². The Balaban J connectivity index is 1.56. The van der Waals surface area contributed by atoms with E-state index in [0.717, 1.165) is 16.7 Å². The molecular formula is C25H29N3O6. The van der Waals surface area contributed by atoms with Crippen molar-refractivity contribution in [3.05, 3.63) is 63.8 Å². The number of esters is 1. The first kappa shape index (κ1) is 23.4. The van der Waals surface area contributed by atoms with Crippen molar-refractivity contribution in [2.45, 2.75) is 46.8 Å². The number of carbonyl (C=O) groups excluding carboxylic acids is 1. The van der Waals surface area contributed by atoms with E-state index in [-0.39, 0.29) is 12.3 Å². The molecule has 0 N–H and O–H groups in total. The van der Waals surface area contributed by atoms with Crippen LogP contribution in [0.1, 0.15) is 37.5 Å². The van der Waals surface area contributed by atoms with Gasteiger partial charge in [0.05, 0.1) is 18.8 Å². The van der Waals surface area contributed by atoms with Crippen molar-refractivity contribution in [2.75, 3.05) is 19.8 Å². The maximum Gasteiger partial charge on any atom is 0.350 e. The number of fused-ring (bicyclic) bond motifs is 1. The zero-order valence-corrected chi connectivity index (χ0v) is 20.1. The van der Waals surface area contributed by atoms with Gasteiger partial charge in [-0.1, -0.05) is 12.1 Å². The van der Waals surface area contributed by atoms with Gasteiger partial charge in [0.2, 0.25) is 0 Å². The Morgan fingerprint density at radius 1 is 1.09 bits per heavy atom. The SMILES string of the molecule is CCOC(=O)C(C)(C)Oc1c(C)cc(Cn2ncn(-c3ccc4c(c3)OCCO4)c2=O)cc1C. The van der Waals surface area contributed by atoms with Crippen LogP contribution in [0.25, 0.3) is 5.69 Å². The minimum absolute atomic E-state index is 0.268. The van der Waals surface area contributed by atoms with Crippen LogP contribution in [0.5, 0.6) is 17.2 Å². The van der Waals surface area contributed by atoms with Gasteiger partial charge in [-0.3, -0.25) is 0 Å². The van der Waals surface area contributed by atoms with Crippen molar-refractivity contribution < 1.29 is 23.7 Å². The van der Waals surface area contributed by atoms with Crippen molar-refractivity contribution in [3.63, 3.8) is 0 Å². The molecule has 0 amide bonds. The van der Waals surface area contributed by atoms with Crippen molar-refractivity contribution in [1.82, 2.24) is 14.3 Å². The van der Waals surface area contributed by atoms with E-state index in [0.29, 0.717) is 42.7 Å². The summed E-state index contributed by atoms with van der Waals surface area (Å²) < 4.78 is 25.2. The van der Waals surface area contributed by atoms with E-state index in [4.69, 9.17) is 18.9 Å². The Kier molecular flexibility index (Phi) is 6.37. The number of hydrogen-bond acceptors (Lipinski definition) is 7. The normalized spacial score (nSPS) is 13.0. The fraction of sp³-hybridized carbons (Fsp3) is 0.400. The van der Waals surface area contributed by atoms with Gasteiger partial charge in [0, 0.05) is 6.07 Å². The summed E-state index contributed by atoms with van der Waals surface area (Å²) in [6.45, 7) is 10.5. The first-order valence-electron chi connectivity index (χ1n) is 11.2. The number of carbonyl (C=O) groups is 1. The number of aromatic nitrogens is 3. The molecule has 1 aliphatic heterocycles. The van der Waals surface area contributed by atoms with Gasteiger partial charge in [-0.25, -0.2) is 18.8 Å². The number of nitrogens with zero attached hydrogens (tertiary/aromatic N) is 3. The molecule has 2 heterocycles. The molecule has 1 aromatic heterocycles. The highest BCUT2D eigenvalue weighted by Crippen LogP contribution is 2.32. The van der Waals surface area contributed by atoms with E-state index >= 15 is 0 Å². The summed E-state index contributed by atoms with van der Waals surface area (Å²) >= 11 is 0. The van der Waals surface area contributed by atoms with Gasteiger partial charge in [-0.05, 0) is 63.4 Å². The molecule has 3 aromatic rings. The first-order valence-corrected chi connectivity index (χ1v) is 11.2. The van der Waals surface area contributed by atoms with E-state index in [1.54, 1.807) is 39.0 Å². The molecule has 180 valence electrons. The standard InChI is InChI=1S/C25H29N3O6/c1-6-31-23(29)25(4,5)34-22-16(2)11-18(12-17(22)3)14-28-24(30)27(15-26-28)19-7-8-20-21(13-19)33-10-9-32-20/h7-8,11-13,15H,6,9-10,14H2,1-5H3. The Bertz CT molecular complexity index is 1250. The molecule has 2 aromatic carbocycles. The molecule has 0 atom stereocenters. The Labute approximate surface area is 197 Å². The lowest BCUT2D eigenvalue weighted by molar-refractivity contribution is -0.158. The molecule has 0 saturated carbocycles. The Morgan fingerprint density at radius 2 is 1.76 bits per heavy atom. The van der Waals surface area contributed by atoms with E-state index in [2.05, 4.69) is 5.10 Å². The Morgan fingerprint density at radius 3 is 2.44 bits per heavy atom. The predicted molar refractivity (Wildman–Crippen MR) is 125 cm³/mol. The van der Waals surface area contributed by atoms with Crippen LogP contribution in [-0.4, -0.2) is 45.7 Å². The summed E-state index contributed by atoms with van der Waals surface area (Å²) in [6.07, 6.45) is 1.49. The predicted octanol–water partition coefficient (Wildman–Crippen LogP) is 3.19. The lowest BCUT2D eigenvalue weighted by atomic mass is 10.0. The minimum Gasteiger partial charge on any atom is -0.486 e. The average Bonchev–Trinajstić information content (AvgIpc) is 3.16. The molecule has 1 aliphatic rings. The summed E-state index contributed by atoms with van der Waals surface area (Å²) in [5.74, 6) is 1.47.